The molecule has 1 saturated carbocycles. The van der Waals surface area contributed by atoms with Crippen molar-refractivity contribution in [1.29, 1.82) is 0 Å². The van der Waals surface area contributed by atoms with Crippen molar-refractivity contribution in [3.8, 4) is 0 Å². The van der Waals surface area contributed by atoms with Crippen LogP contribution in [0.2, 0.25) is 0 Å². The van der Waals surface area contributed by atoms with Crippen molar-refractivity contribution in [2.75, 3.05) is 19.6 Å². The van der Waals surface area contributed by atoms with Crippen molar-refractivity contribution in [3.05, 3.63) is 11.6 Å². The molecule has 2 amide bonds. The van der Waals surface area contributed by atoms with E-state index in [4.69, 9.17) is 0 Å². The molecule has 1 N–H and O–H groups in total. The number of nitrogens with zero attached hydrogens (tertiary/aromatic N) is 5. The fourth-order valence-corrected chi connectivity index (χ4v) is 4.00. The highest BCUT2D eigenvalue weighted by Gasteiger charge is 2.37. The van der Waals surface area contributed by atoms with Gasteiger partial charge in [-0.15, -0.1) is 10.2 Å². The second-order valence-corrected chi connectivity index (χ2v) is 7.13. The van der Waals surface area contributed by atoms with Crippen molar-refractivity contribution in [1.82, 2.24) is 29.9 Å². The summed E-state index contributed by atoms with van der Waals surface area (Å²) >= 11 is 0. The maximum absolute atomic E-state index is 12.3. The van der Waals surface area contributed by atoms with Crippen LogP contribution in [0, 0.1) is 6.92 Å². The topological polar surface area (TPSA) is 66.3 Å². The molecule has 7 heteroatoms. The minimum Gasteiger partial charge on any atom is -0.335 e. The highest BCUT2D eigenvalue weighted by atomic mass is 16.2. The zero-order chi connectivity index (χ0) is 15.8. The second kappa shape index (κ2) is 6.11. The third-order valence-electron chi connectivity index (χ3n) is 5.57. The molecule has 3 aliphatic rings. The smallest absolute Gasteiger partial charge is 0.317 e. The summed E-state index contributed by atoms with van der Waals surface area (Å²) < 4.78 is 2.20. The first-order valence-corrected chi connectivity index (χ1v) is 8.89. The summed E-state index contributed by atoms with van der Waals surface area (Å²) in [5, 5.41) is 11.6. The van der Waals surface area contributed by atoms with Gasteiger partial charge in [-0.1, -0.05) is 19.3 Å². The molecule has 1 aromatic heterocycles. The van der Waals surface area contributed by atoms with Gasteiger partial charge < -0.3 is 14.8 Å². The number of hydrogen-bond acceptors (Lipinski definition) is 4. The lowest BCUT2D eigenvalue weighted by molar-refractivity contribution is 0.0377. The maximum Gasteiger partial charge on any atom is 0.317 e. The van der Waals surface area contributed by atoms with Gasteiger partial charge in [0, 0.05) is 38.3 Å². The van der Waals surface area contributed by atoms with Crippen molar-refractivity contribution >= 4 is 6.03 Å². The molecule has 2 fully saturated rings. The van der Waals surface area contributed by atoms with Crippen LogP contribution in [-0.2, 0) is 13.1 Å². The summed E-state index contributed by atoms with van der Waals surface area (Å²) in [4.78, 5) is 16.7. The molecule has 1 aromatic rings. The van der Waals surface area contributed by atoms with Gasteiger partial charge in [0.2, 0.25) is 0 Å². The van der Waals surface area contributed by atoms with Crippen molar-refractivity contribution in [2.45, 2.75) is 64.2 Å². The molecule has 0 aromatic carbocycles. The summed E-state index contributed by atoms with van der Waals surface area (Å²) in [5.74, 6) is 2.06. The minimum atomic E-state index is 0.129. The first-order chi connectivity index (χ1) is 11.2. The van der Waals surface area contributed by atoms with E-state index in [2.05, 4.69) is 25.0 Å². The van der Waals surface area contributed by atoms with E-state index in [0.29, 0.717) is 12.1 Å². The molecule has 0 unspecified atom stereocenters. The number of carbonyl (C=O) groups excluding carboxylic acids is 1. The summed E-state index contributed by atoms with van der Waals surface area (Å²) in [5.41, 5.74) is 0. The Morgan fingerprint density at radius 1 is 1.13 bits per heavy atom. The Hall–Kier alpha value is -1.63. The molecule has 0 spiro atoms. The van der Waals surface area contributed by atoms with Crippen LogP contribution in [-0.4, -0.2) is 62.3 Å². The van der Waals surface area contributed by atoms with Crippen LogP contribution in [0.5, 0.6) is 0 Å². The summed E-state index contributed by atoms with van der Waals surface area (Å²) in [7, 11) is 0. The van der Waals surface area contributed by atoms with Crippen molar-refractivity contribution in [2.24, 2.45) is 0 Å². The predicted molar refractivity (Wildman–Crippen MR) is 85.9 cm³/mol. The highest BCUT2D eigenvalue weighted by molar-refractivity contribution is 5.75. The zero-order valence-corrected chi connectivity index (χ0v) is 13.9. The Bertz CT molecular complexity index is 573. The molecule has 0 radical (unpaired) electrons. The van der Waals surface area contributed by atoms with E-state index in [-0.39, 0.29) is 6.03 Å². The molecule has 1 aliphatic carbocycles. The highest BCUT2D eigenvalue weighted by Crippen LogP contribution is 2.22. The van der Waals surface area contributed by atoms with Crippen molar-refractivity contribution < 1.29 is 4.79 Å². The van der Waals surface area contributed by atoms with E-state index in [9.17, 15) is 4.79 Å². The van der Waals surface area contributed by atoms with Gasteiger partial charge in [0.25, 0.3) is 0 Å². The summed E-state index contributed by atoms with van der Waals surface area (Å²) in [6.07, 6.45) is 6.11. The normalized spacial score (nSPS) is 23.4. The molecule has 3 heterocycles. The van der Waals surface area contributed by atoms with Gasteiger partial charge in [-0.05, 0) is 19.8 Å². The molecule has 4 rings (SSSR count). The SMILES string of the molecule is Cc1nnc2n1CCN(C1CN(C(=O)NC3CCCCC3)C1)C2. The monoisotopic (exact) mass is 318 g/mol. The number of likely N-dealkylation sites (tertiary alicyclic amines) is 1. The van der Waals surface area contributed by atoms with E-state index in [0.717, 1.165) is 57.2 Å². The van der Waals surface area contributed by atoms with E-state index in [1.54, 1.807) is 0 Å². The number of amides is 2. The van der Waals surface area contributed by atoms with Gasteiger partial charge in [-0.25, -0.2) is 4.79 Å². The third kappa shape index (κ3) is 2.94. The Kier molecular flexibility index (Phi) is 3.97. The van der Waals surface area contributed by atoms with E-state index in [1.807, 2.05) is 11.8 Å². The maximum atomic E-state index is 12.3. The van der Waals surface area contributed by atoms with E-state index >= 15 is 0 Å². The zero-order valence-electron chi connectivity index (χ0n) is 13.9. The molecule has 2 aliphatic heterocycles. The Morgan fingerprint density at radius 3 is 2.70 bits per heavy atom. The molecule has 0 bridgehead atoms. The molecular formula is C16H26N6O. The predicted octanol–water partition coefficient (Wildman–Crippen LogP) is 1.13. The quantitative estimate of drug-likeness (QED) is 0.888. The lowest BCUT2D eigenvalue weighted by Gasteiger charge is -2.46. The number of aryl methyl sites for hydroxylation is 1. The number of aromatic nitrogens is 3. The standard InChI is InChI=1S/C16H26N6O/c1-12-18-19-15-11-20(7-8-22(12)15)14-9-21(10-14)16(23)17-13-5-3-2-4-6-13/h13-14H,2-11H2,1H3,(H,17,23). The van der Waals surface area contributed by atoms with Crippen LogP contribution in [0.1, 0.15) is 43.8 Å². The Morgan fingerprint density at radius 2 is 1.91 bits per heavy atom. The second-order valence-electron chi connectivity index (χ2n) is 7.13. The van der Waals surface area contributed by atoms with Crippen LogP contribution >= 0.6 is 0 Å². The van der Waals surface area contributed by atoms with Crippen molar-refractivity contribution in [3.63, 3.8) is 0 Å². The first-order valence-electron chi connectivity index (χ1n) is 8.89. The summed E-state index contributed by atoms with van der Waals surface area (Å²) in [6.45, 7) is 6.52. The van der Waals surface area contributed by atoms with Gasteiger partial charge in [-0.2, -0.15) is 0 Å². The van der Waals surface area contributed by atoms with Crippen LogP contribution < -0.4 is 5.32 Å². The van der Waals surface area contributed by atoms with E-state index in [1.165, 1.54) is 19.3 Å². The number of urea groups is 1. The molecule has 126 valence electrons. The fourth-order valence-electron chi connectivity index (χ4n) is 4.00. The fraction of sp³-hybridized carbons (Fsp3) is 0.812. The minimum absolute atomic E-state index is 0.129. The molecule has 0 atom stereocenters. The molecule has 23 heavy (non-hydrogen) atoms. The molecule has 1 saturated heterocycles. The number of fused-ring (bicyclic) bond motifs is 1. The average Bonchev–Trinajstić information content (AvgIpc) is 2.88. The molecular weight excluding hydrogens is 292 g/mol. The number of hydrogen-bond donors (Lipinski definition) is 1. The van der Waals surface area contributed by atoms with Crippen LogP contribution in [0.3, 0.4) is 0 Å². The largest absolute Gasteiger partial charge is 0.335 e. The molecule has 7 nitrogen and oxygen atoms in total. The van der Waals surface area contributed by atoms with Crippen LogP contribution in [0.15, 0.2) is 0 Å². The van der Waals surface area contributed by atoms with Gasteiger partial charge in [0.15, 0.2) is 0 Å². The van der Waals surface area contributed by atoms with Gasteiger partial charge in [-0.3, -0.25) is 4.90 Å². The lowest BCUT2D eigenvalue weighted by atomic mass is 9.95. The van der Waals surface area contributed by atoms with Crippen LogP contribution in [0.25, 0.3) is 0 Å². The summed E-state index contributed by atoms with van der Waals surface area (Å²) in [6, 6.07) is 0.994. The van der Waals surface area contributed by atoms with Crippen LogP contribution in [0.4, 0.5) is 4.79 Å². The third-order valence-corrected chi connectivity index (χ3v) is 5.57. The number of nitrogens with one attached hydrogen (secondary N) is 1. The number of carbonyl (C=O) groups is 1. The Labute approximate surface area is 137 Å². The number of rotatable bonds is 2. The Balaban J connectivity index is 1.26. The first kappa shape index (κ1) is 14.9. The van der Waals surface area contributed by atoms with E-state index < -0.39 is 0 Å². The lowest BCUT2D eigenvalue weighted by Crippen LogP contribution is -2.64. The average molecular weight is 318 g/mol. The van der Waals surface area contributed by atoms with Gasteiger partial charge in [0.05, 0.1) is 6.54 Å². The van der Waals surface area contributed by atoms with Gasteiger partial charge >= 0.3 is 6.03 Å². The van der Waals surface area contributed by atoms with Gasteiger partial charge in [0.1, 0.15) is 11.6 Å².